The molecular weight excluding hydrogens is 450 g/mol. The van der Waals surface area contributed by atoms with Crippen LogP contribution in [0, 0.1) is 0 Å². The fourth-order valence-electron chi connectivity index (χ4n) is 5.32. The second-order valence-electron chi connectivity index (χ2n) is 9.42. The molecule has 0 amide bonds. The Morgan fingerprint density at radius 1 is 1.24 bits per heavy atom. The molecule has 1 heterocycles. The van der Waals surface area contributed by atoms with E-state index >= 15 is 0 Å². The summed E-state index contributed by atoms with van der Waals surface area (Å²) in [5.74, 6) is 1.03. The van der Waals surface area contributed by atoms with Gasteiger partial charge in [0.05, 0.1) is 12.7 Å². The number of aliphatic hydroxyl groups is 2. The van der Waals surface area contributed by atoms with Crippen molar-refractivity contribution in [1.82, 2.24) is 4.90 Å². The molecule has 0 bridgehead atoms. The molecule has 1 unspecified atom stereocenters. The number of rotatable bonds is 9. The van der Waals surface area contributed by atoms with E-state index in [0.29, 0.717) is 41.5 Å². The predicted octanol–water partition coefficient (Wildman–Crippen LogP) is 4.97. The molecule has 0 aromatic heterocycles. The van der Waals surface area contributed by atoms with E-state index in [1.165, 1.54) is 0 Å². The van der Waals surface area contributed by atoms with E-state index in [4.69, 9.17) is 21.1 Å². The van der Waals surface area contributed by atoms with Gasteiger partial charge < -0.3 is 24.6 Å². The Labute approximate surface area is 207 Å². The van der Waals surface area contributed by atoms with Crippen LogP contribution in [0.15, 0.2) is 71.8 Å². The molecule has 34 heavy (non-hydrogen) atoms. The summed E-state index contributed by atoms with van der Waals surface area (Å²) < 4.78 is 12.6. The van der Waals surface area contributed by atoms with Crippen molar-refractivity contribution in [2.45, 2.75) is 49.4 Å². The Morgan fingerprint density at radius 3 is 2.71 bits per heavy atom. The number of fused-ring (bicyclic) bond motifs is 3. The molecule has 1 saturated carbocycles. The fraction of sp³-hybridized carbons (Fsp3) is 0.429. The van der Waals surface area contributed by atoms with Crippen LogP contribution < -0.4 is 9.47 Å². The van der Waals surface area contributed by atoms with Crippen molar-refractivity contribution < 1.29 is 19.7 Å². The summed E-state index contributed by atoms with van der Waals surface area (Å²) in [5.41, 5.74) is -0.999. The minimum Gasteiger partial charge on any atom is -0.493 e. The Morgan fingerprint density at radius 2 is 2.00 bits per heavy atom. The molecule has 2 aliphatic rings. The maximum atomic E-state index is 12.1. The fourth-order valence-corrected chi connectivity index (χ4v) is 5.41. The van der Waals surface area contributed by atoms with E-state index in [1.807, 2.05) is 87.8 Å². The molecular formula is C28H34ClNO4. The second kappa shape index (κ2) is 10.1. The van der Waals surface area contributed by atoms with Crippen LogP contribution in [0.3, 0.4) is 0 Å². The average Bonchev–Trinajstić information content (AvgIpc) is 3.21. The van der Waals surface area contributed by atoms with Crippen LogP contribution in [-0.4, -0.2) is 54.1 Å². The van der Waals surface area contributed by atoms with Crippen molar-refractivity contribution in [3.05, 3.63) is 82.9 Å². The molecule has 2 aromatic rings. The number of ether oxygens (including phenoxy) is 2. The lowest BCUT2D eigenvalue weighted by molar-refractivity contribution is -0.143. The van der Waals surface area contributed by atoms with E-state index in [0.717, 1.165) is 18.5 Å². The van der Waals surface area contributed by atoms with Gasteiger partial charge in [0, 0.05) is 35.5 Å². The first-order valence-corrected chi connectivity index (χ1v) is 12.2. The number of halogens is 1. The molecule has 4 rings (SSSR count). The van der Waals surface area contributed by atoms with Gasteiger partial charge in [-0.05, 0) is 57.6 Å². The summed E-state index contributed by atoms with van der Waals surface area (Å²) in [7, 11) is 4.07. The first-order chi connectivity index (χ1) is 16.3. The molecule has 1 fully saturated rings. The highest BCUT2D eigenvalue weighted by Gasteiger charge is 2.71. The van der Waals surface area contributed by atoms with Crippen molar-refractivity contribution in [3.63, 3.8) is 0 Å². The topological polar surface area (TPSA) is 62.2 Å². The van der Waals surface area contributed by atoms with E-state index in [2.05, 4.69) is 4.90 Å². The molecule has 0 spiro atoms. The molecule has 6 heteroatoms. The quantitative estimate of drug-likeness (QED) is 0.389. The van der Waals surface area contributed by atoms with E-state index < -0.39 is 17.3 Å². The normalized spacial score (nSPS) is 28.3. The SMILES string of the molecule is C/C=C(Cl)\C=C/CC12Oc3cc(OCCCN(C)C)ccc3[C@]1(O)[C@@H](O)C[C@H]2c1ccccc1. The van der Waals surface area contributed by atoms with Crippen molar-refractivity contribution in [1.29, 1.82) is 0 Å². The van der Waals surface area contributed by atoms with Gasteiger partial charge in [-0.1, -0.05) is 54.1 Å². The minimum atomic E-state index is -1.56. The minimum absolute atomic E-state index is 0.209. The molecule has 1 aliphatic carbocycles. The molecule has 0 radical (unpaired) electrons. The molecule has 5 nitrogen and oxygen atoms in total. The molecule has 4 atom stereocenters. The van der Waals surface area contributed by atoms with Crippen molar-refractivity contribution in [2.24, 2.45) is 0 Å². The molecule has 182 valence electrons. The van der Waals surface area contributed by atoms with Gasteiger partial charge in [-0.15, -0.1) is 0 Å². The van der Waals surface area contributed by atoms with Gasteiger partial charge in [-0.3, -0.25) is 0 Å². The smallest absolute Gasteiger partial charge is 0.159 e. The molecule has 2 N–H and O–H groups in total. The van der Waals surface area contributed by atoms with Crippen LogP contribution in [0.1, 0.15) is 43.2 Å². The van der Waals surface area contributed by atoms with Gasteiger partial charge in [0.1, 0.15) is 11.5 Å². The lowest BCUT2D eigenvalue weighted by Gasteiger charge is -2.39. The van der Waals surface area contributed by atoms with E-state index in [-0.39, 0.29) is 5.92 Å². The zero-order chi connectivity index (χ0) is 24.3. The largest absolute Gasteiger partial charge is 0.493 e. The van der Waals surface area contributed by atoms with E-state index in [9.17, 15) is 10.2 Å². The zero-order valence-electron chi connectivity index (χ0n) is 20.1. The first-order valence-electron chi connectivity index (χ1n) is 11.9. The lowest BCUT2D eigenvalue weighted by Crippen LogP contribution is -2.54. The number of aliphatic hydroxyl groups excluding tert-OH is 1. The lowest BCUT2D eigenvalue weighted by atomic mass is 9.73. The van der Waals surface area contributed by atoms with Gasteiger partial charge in [0.15, 0.2) is 11.2 Å². The highest BCUT2D eigenvalue weighted by atomic mass is 35.5. The Bertz CT molecular complexity index is 1050. The predicted molar refractivity (Wildman–Crippen MR) is 136 cm³/mol. The van der Waals surface area contributed by atoms with Crippen LogP contribution in [-0.2, 0) is 5.60 Å². The summed E-state index contributed by atoms with van der Waals surface area (Å²) in [6.45, 7) is 3.40. The maximum absolute atomic E-state index is 12.1. The number of benzene rings is 2. The average molecular weight is 484 g/mol. The first kappa shape index (κ1) is 24.8. The molecule has 2 aromatic carbocycles. The van der Waals surface area contributed by atoms with Gasteiger partial charge in [-0.2, -0.15) is 0 Å². The van der Waals surface area contributed by atoms with Crippen molar-refractivity contribution in [2.75, 3.05) is 27.2 Å². The number of nitrogens with zero attached hydrogens (tertiary/aromatic N) is 1. The number of allylic oxidation sites excluding steroid dienone is 3. The number of hydrogen-bond donors (Lipinski definition) is 2. The third-order valence-electron chi connectivity index (χ3n) is 7.00. The van der Waals surface area contributed by atoms with Crippen LogP contribution in [0.25, 0.3) is 0 Å². The summed E-state index contributed by atoms with van der Waals surface area (Å²) >= 11 is 6.20. The van der Waals surface area contributed by atoms with Gasteiger partial charge in [-0.25, -0.2) is 0 Å². The Balaban J connectivity index is 1.70. The molecule has 1 aliphatic heterocycles. The van der Waals surface area contributed by atoms with Crippen molar-refractivity contribution in [3.8, 4) is 11.5 Å². The van der Waals surface area contributed by atoms with Gasteiger partial charge >= 0.3 is 0 Å². The molecule has 0 saturated heterocycles. The van der Waals surface area contributed by atoms with Gasteiger partial charge in [0.25, 0.3) is 0 Å². The van der Waals surface area contributed by atoms with Crippen molar-refractivity contribution >= 4 is 11.6 Å². The standard InChI is InChI=1S/C28H34ClNO4/c1-4-21(29)12-8-15-27-24(20-10-6-5-7-11-20)19-26(31)28(27,32)23-14-13-22(18-25(23)34-27)33-17-9-16-30(2)3/h4-8,10-14,18,24,26,31-32H,9,15-17,19H2,1-3H3/b12-8-,21-4+/t24-,26-,27?,28-/m0/s1. The van der Waals surface area contributed by atoms with Crippen LogP contribution >= 0.6 is 11.6 Å². The summed E-state index contributed by atoms with van der Waals surface area (Å²) in [6, 6.07) is 15.5. The maximum Gasteiger partial charge on any atom is 0.159 e. The van der Waals surface area contributed by atoms with Crippen LogP contribution in [0.2, 0.25) is 0 Å². The summed E-state index contributed by atoms with van der Waals surface area (Å²) in [5, 5.41) is 24.0. The zero-order valence-corrected chi connectivity index (χ0v) is 20.8. The second-order valence-corrected chi connectivity index (χ2v) is 9.85. The third-order valence-corrected chi connectivity index (χ3v) is 7.34. The third kappa shape index (κ3) is 4.38. The number of hydrogen-bond acceptors (Lipinski definition) is 5. The van der Waals surface area contributed by atoms with E-state index in [1.54, 1.807) is 0 Å². The Hall–Kier alpha value is -2.31. The van der Waals surface area contributed by atoms with Crippen LogP contribution in [0.5, 0.6) is 11.5 Å². The summed E-state index contributed by atoms with van der Waals surface area (Å²) in [4.78, 5) is 2.12. The summed E-state index contributed by atoms with van der Waals surface area (Å²) in [6.07, 6.45) is 6.26. The Kier molecular flexibility index (Phi) is 7.39. The van der Waals surface area contributed by atoms with Crippen LogP contribution in [0.4, 0.5) is 0 Å². The highest BCUT2D eigenvalue weighted by molar-refractivity contribution is 6.31. The highest BCUT2D eigenvalue weighted by Crippen LogP contribution is 2.63. The van der Waals surface area contributed by atoms with Gasteiger partial charge in [0.2, 0.25) is 0 Å². The monoisotopic (exact) mass is 483 g/mol.